The van der Waals surface area contributed by atoms with Crippen molar-refractivity contribution in [1.29, 1.82) is 0 Å². The normalized spacial score (nSPS) is 29.3. The van der Waals surface area contributed by atoms with E-state index < -0.39 is 60.1 Å². The molecule has 7 nitrogen and oxygen atoms in total. The van der Waals surface area contributed by atoms with Crippen molar-refractivity contribution in [3.8, 4) is 0 Å². The van der Waals surface area contributed by atoms with E-state index in [4.69, 9.17) is 46.4 Å². The minimum Gasteiger partial charge on any atom is -0.481 e. The third kappa shape index (κ3) is 3.73. The van der Waals surface area contributed by atoms with Gasteiger partial charge in [0.25, 0.3) is 11.8 Å². The van der Waals surface area contributed by atoms with Gasteiger partial charge in [0.2, 0.25) is 5.91 Å². The fourth-order valence-electron chi connectivity index (χ4n) is 6.47. The summed E-state index contributed by atoms with van der Waals surface area (Å²) in [6.45, 7) is -0.908. The highest BCUT2D eigenvalue weighted by atomic mass is 35.5. The van der Waals surface area contributed by atoms with E-state index in [0.717, 1.165) is 4.90 Å². The summed E-state index contributed by atoms with van der Waals surface area (Å²) in [6, 6.07) is 5.70. The summed E-state index contributed by atoms with van der Waals surface area (Å²) in [5.41, 5.74) is -1.63. The van der Waals surface area contributed by atoms with E-state index in [1.54, 1.807) is 0 Å². The Balaban J connectivity index is 1.56. The van der Waals surface area contributed by atoms with Gasteiger partial charge in [0, 0.05) is 44.8 Å². The molecule has 2 amide bonds. The average molecular weight is 605 g/mol. The Labute approximate surface area is 235 Å². The van der Waals surface area contributed by atoms with Crippen molar-refractivity contribution < 1.29 is 28.3 Å². The highest BCUT2D eigenvalue weighted by molar-refractivity contribution is 6.38. The first kappa shape index (κ1) is 26.1. The molecule has 3 heterocycles. The molecule has 13 heteroatoms. The van der Waals surface area contributed by atoms with Gasteiger partial charge in [0.05, 0.1) is 23.2 Å². The van der Waals surface area contributed by atoms with E-state index in [1.807, 2.05) is 0 Å². The summed E-state index contributed by atoms with van der Waals surface area (Å²) >= 11 is 24.9. The predicted octanol–water partition coefficient (Wildman–Crippen LogP) is 5.68. The lowest BCUT2D eigenvalue weighted by atomic mass is 9.73. The topological polar surface area (TPSA) is 90.0 Å². The Kier molecular flexibility index (Phi) is 5.94. The van der Waals surface area contributed by atoms with Crippen LogP contribution in [0, 0.1) is 11.8 Å². The number of hydrogen-bond acceptors (Lipinski definition) is 4. The fourth-order valence-corrected chi connectivity index (χ4v) is 7.53. The minimum atomic E-state index is -3.27. The van der Waals surface area contributed by atoms with Gasteiger partial charge in [-0.15, -0.1) is 0 Å². The van der Waals surface area contributed by atoms with Crippen molar-refractivity contribution in [2.24, 2.45) is 11.8 Å². The molecule has 2 N–H and O–H groups in total. The number of anilines is 2. The van der Waals surface area contributed by atoms with Gasteiger partial charge < -0.3 is 15.3 Å². The van der Waals surface area contributed by atoms with E-state index >= 15 is 0 Å². The third-order valence-electron chi connectivity index (χ3n) is 7.86. The molecule has 0 aromatic heterocycles. The number of nitrogens with one attached hydrogen (secondary N) is 1. The predicted molar refractivity (Wildman–Crippen MR) is 138 cm³/mol. The molecule has 2 aromatic rings. The number of carbonyl (C=O) groups is 3. The number of carbonyl (C=O) groups excluding carboxylic acids is 2. The molecule has 2 saturated heterocycles. The molecule has 1 saturated carbocycles. The molecular weight excluding hydrogens is 586 g/mol. The second-order valence-corrected chi connectivity index (χ2v) is 11.9. The van der Waals surface area contributed by atoms with Crippen molar-refractivity contribution in [3.05, 3.63) is 56.0 Å². The smallest absolute Gasteiger partial charge is 0.310 e. The van der Waals surface area contributed by atoms with Gasteiger partial charge in [-0.05, 0) is 43.2 Å². The maximum atomic E-state index is 15.0. The number of carboxylic acids is 1. The number of carboxylic acid groups (broad SMARTS) is 1. The second-order valence-electron chi connectivity index (χ2n) is 10.2. The first-order chi connectivity index (χ1) is 17.8. The molecular formula is C25H19Cl4F2N3O4. The monoisotopic (exact) mass is 603 g/mol. The van der Waals surface area contributed by atoms with Crippen molar-refractivity contribution in [1.82, 2.24) is 4.90 Å². The van der Waals surface area contributed by atoms with E-state index in [0.29, 0.717) is 18.5 Å². The molecule has 0 bridgehead atoms. The van der Waals surface area contributed by atoms with E-state index in [1.165, 1.54) is 35.2 Å². The van der Waals surface area contributed by atoms with Crippen LogP contribution in [0.4, 0.5) is 20.2 Å². The highest BCUT2D eigenvalue weighted by Crippen LogP contribution is 2.61. The third-order valence-corrected chi connectivity index (χ3v) is 8.82. The molecule has 200 valence electrons. The quantitative estimate of drug-likeness (QED) is 0.468. The zero-order valence-electron chi connectivity index (χ0n) is 19.4. The average Bonchev–Trinajstić information content (AvgIpc) is 3.43. The molecule has 1 spiro atoms. The Morgan fingerprint density at radius 1 is 1.03 bits per heavy atom. The van der Waals surface area contributed by atoms with Crippen LogP contribution < -0.4 is 10.2 Å². The molecule has 2 aromatic carbocycles. The van der Waals surface area contributed by atoms with Gasteiger partial charge in [-0.1, -0.05) is 46.4 Å². The first-order valence-electron chi connectivity index (χ1n) is 11.8. The Morgan fingerprint density at radius 3 is 2.26 bits per heavy atom. The van der Waals surface area contributed by atoms with Crippen molar-refractivity contribution in [3.63, 3.8) is 0 Å². The van der Waals surface area contributed by atoms with Crippen LogP contribution in [0.15, 0.2) is 30.3 Å². The van der Waals surface area contributed by atoms with Crippen molar-refractivity contribution in [2.75, 3.05) is 16.8 Å². The lowest BCUT2D eigenvalue weighted by Crippen LogP contribution is -2.54. The van der Waals surface area contributed by atoms with Crippen LogP contribution in [-0.2, 0) is 19.9 Å². The van der Waals surface area contributed by atoms with Gasteiger partial charge >= 0.3 is 5.97 Å². The number of hydrogen-bond donors (Lipinski definition) is 2. The maximum Gasteiger partial charge on any atom is 0.310 e. The van der Waals surface area contributed by atoms with Crippen LogP contribution in [0.25, 0.3) is 0 Å². The van der Waals surface area contributed by atoms with Crippen LogP contribution in [0.3, 0.4) is 0 Å². The lowest BCUT2D eigenvalue weighted by molar-refractivity contribution is -0.153. The maximum absolute atomic E-state index is 15.0. The molecule has 3 fully saturated rings. The molecule has 38 heavy (non-hydrogen) atoms. The molecule has 4 aliphatic rings. The number of rotatable bonds is 4. The van der Waals surface area contributed by atoms with Gasteiger partial charge in [0.15, 0.2) is 0 Å². The van der Waals surface area contributed by atoms with Gasteiger partial charge in [0.1, 0.15) is 11.5 Å². The number of aliphatic carboxylic acids is 1. The van der Waals surface area contributed by atoms with Crippen LogP contribution in [0.2, 0.25) is 20.1 Å². The van der Waals surface area contributed by atoms with E-state index in [9.17, 15) is 28.3 Å². The number of benzene rings is 2. The van der Waals surface area contributed by atoms with E-state index in [2.05, 4.69) is 5.32 Å². The Morgan fingerprint density at radius 2 is 1.66 bits per heavy atom. The summed E-state index contributed by atoms with van der Waals surface area (Å²) in [5.74, 6) is -9.46. The van der Waals surface area contributed by atoms with Crippen LogP contribution in [-0.4, -0.2) is 52.3 Å². The first-order valence-corrected chi connectivity index (χ1v) is 13.3. The van der Waals surface area contributed by atoms with Gasteiger partial charge in [-0.25, -0.2) is 8.78 Å². The lowest BCUT2D eigenvalue weighted by Gasteiger charge is -2.36. The number of halogens is 6. The zero-order chi connectivity index (χ0) is 27.3. The summed E-state index contributed by atoms with van der Waals surface area (Å²) in [6.07, 6.45) is 0.468. The summed E-state index contributed by atoms with van der Waals surface area (Å²) in [4.78, 5) is 43.6. The highest BCUT2D eigenvalue weighted by Gasteiger charge is 2.75. The zero-order valence-corrected chi connectivity index (χ0v) is 22.4. The second kappa shape index (κ2) is 8.66. The standard InChI is InChI=1S/C25H19Cl4F2N3O4/c26-10-3-11(27)5-14(4-10)34(13-1-2-13)21(35)18-17-8-24(30,31)9-33(17)25(19(18)22(36)37)15-6-12(28)7-16(29)20(15)32-23(25)38/h3-7,13,17-19H,1-2,8-9H2,(H,32,38)(H,36,37)/t17-,18+,19-,25+/m1/s1. The van der Waals surface area contributed by atoms with Gasteiger partial charge in [-0.2, -0.15) is 0 Å². The van der Waals surface area contributed by atoms with Crippen LogP contribution in [0.1, 0.15) is 24.8 Å². The Bertz CT molecular complexity index is 1400. The fraction of sp³-hybridized carbons (Fsp3) is 0.400. The number of amides is 2. The van der Waals surface area contributed by atoms with E-state index in [-0.39, 0.29) is 37.4 Å². The SMILES string of the molecule is O=C(O)[C@H]1[C@@H](C(=O)N(c2cc(Cl)cc(Cl)c2)C2CC2)[C@H]2CC(F)(F)CN2[C@]12C(=O)Nc1c(Cl)cc(Cl)cc12. The number of fused-ring (bicyclic) bond motifs is 4. The molecule has 1 aliphatic carbocycles. The summed E-state index contributed by atoms with van der Waals surface area (Å²) < 4.78 is 30.0. The number of nitrogens with zero attached hydrogens (tertiary/aromatic N) is 2. The number of alkyl halides is 2. The molecule has 4 atom stereocenters. The van der Waals surface area contributed by atoms with Crippen molar-refractivity contribution >= 4 is 75.6 Å². The largest absolute Gasteiger partial charge is 0.481 e. The molecule has 0 unspecified atom stereocenters. The molecule has 0 radical (unpaired) electrons. The van der Waals surface area contributed by atoms with Crippen LogP contribution in [0.5, 0.6) is 0 Å². The van der Waals surface area contributed by atoms with Crippen molar-refractivity contribution in [2.45, 2.75) is 42.8 Å². The minimum absolute atomic E-state index is 0.0346. The Hall–Kier alpha value is -2.17. The van der Waals surface area contributed by atoms with Gasteiger partial charge in [-0.3, -0.25) is 19.3 Å². The molecule has 3 aliphatic heterocycles. The summed E-state index contributed by atoms with van der Waals surface area (Å²) in [7, 11) is 0. The summed E-state index contributed by atoms with van der Waals surface area (Å²) in [5, 5.41) is 13.8. The molecule has 6 rings (SSSR count). The van der Waals surface area contributed by atoms with Crippen LogP contribution >= 0.6 is 46.4 Å².